The van der Waals surface area contributed by atoms with E-state index in [9.17, 15) is 0 Å². The maximum Gasteiger partial charge on any atom is 0.0215 e. The Labute approximate surface area is 130 Å². The van der Waals surface area contributed by atoms with E-state index in [0.29, 0.717) is 0 Å². The fraction of sp³-hybridized carbons (Fsp3) is 0.368. The molecule has 0 heterocycles. The van der Waals surface area contributed by atoms with E-state index >= 15 is 0 Å². The van der Waals surface area contributed by atoms with Crippen molar-refractivity contribution in [3.05, 3.63) is 59.7 Å². The summed E-state index contributed by atoms with van der Waals surface area (Å²) in [5.41, 5.74) is 6.22. The van der Waals surface area contributed by atoms with Gasteiger partial charge < -0.3 is 0 Å². The van der Waals surface area contributed by atoms with Crippen LogP contribution in [0.25, 0.3) is 11.1 Å². The summed E-state index contributed by atoms with van der Waals surface area (Å²) < 4.78 is 0. The molecular weight excluding hydrogens is 308 g/mol. The molecule has 1 aliphatic carbocycles. The first-order chi connectivity index (χ1) is 9.83. The Morgan fingerprint density at radius 1 is 0.850 bits per heavy atom. The number of halogens is 1. The number of benzene rings is 2. The molecule has 0 nitrogen and oxygen atoms in total. The van der Waals surface area contributed by atoms with Crippen LogP contribution >= 0.6 is 15.9 Å². The van der Waals surface area contributed by atoms with Crippen LogP contribution in [-0.4, -0.2) is 5.33 Å². The lowest BCUT2D eigenvalue weighted by Gasteiger charge is -2.32. The van der Waals surface area contributed by atoms with Gasteiger partial charge >= 0.3 is 0 Å². The molecule has 1 heteroatoms. The molecule has 0 radical (unpaired) electrons. The molecule has 0 bridgehead atoms. The number of alkyl halides is 1. The molecule has 3 rings (SSSR count). The largest absolute Gasteiger partial charge is 0.0928 e. The molecule has 0 atom stereocenters. The van der Waals surface area contributed by atoms with E-state index in [-0.39, 0.29) is 5.41 Å². The first-order valence-corrected chi connectivity index (χ1v) is 8.71. The summed E-state index contributed by atoms with van der Waals surface area (Å²) >= 11 is 3.61. The summed E-state index contributed by atoms with van der Waals surface area (Å²) in [4.78, 5) is 0. The van der Waals surface area contributed by atoms with Crippen molar-refractivity contribution in [3.63, 3.8) is 0 Å². The van der Waals surface area contributed by atoms with Crippen LogP contribution in [0.3, 0.4) is 0 Å². The molecule has 0 saturated heterocycles. The van der Waals surface area contributed by atoms with Gasteiger partial charge in [-0.2, -0.15) is 0 Å². The zero-order valence-corrected chi connectivity index (χ0v) is 13.6. The van der Waals surface area contributed by atoms with Crippen LogP contribution < -0.4 is 0 Å². The molecule has 0 unspecified atom stereocenters. The fourth-order valence-electron chi connectivity index (χ4n) is 3.87. The van der Waals surface area contributed by atoms with Gasteiger partial charge in [0.05, 0.1) is 0 Å². The van der Waals surface area contributed by atoms with E-state index in [1.54, 1.807) is 11.1 Å². The van der Waals surface area contributed by atoms with Crippen molar-refractivity contribution < 1.29 is 0 Å². The van der Waals surface area contributed by atoms with Gasteiger partial charge in [0.2, 0.25) is 0 Å². The van der Waals surface area contributed by atoms with Crippen molar-refractivity contribution in [3.8, 4) is 11.1 Å². The summed E-state index contributed by atoms with van der Waals surface area (Å²) in [6, 6.07) is 18.0. The van der Waals surface area contributed by atoms with Gasteiger partial charge in [-0.15, -0.1) is 0 Å². The topological polar surface area (TPSA) is 0 Å². The summed E-state index contributed by atoms with van der Waals surface area (Å²) in [5.74, 6) is 0. The zero-order valence-electron chi connectivity index (χ0n) is 12.0. The van der Waals surface area contributed by atoms with Crippen molar-refractivity contribution in [1.29, 1.82) is 0 Å². The molecule has 0 spiro atoms. The van der Waals surface area contributed by atoms with Crippen LogP contribution in [0.15, 0.2) is 48.5 Å². The Morgan fingerprint density at radius 2 is 1.40 bits per heavy atom. The van der Waals surface area contributed by atoms with E-state index in [0.717, 1.165) is 5.33 Å². The highest BCUT2D eigenvalue weighted by molar-refractivity contribution is 9.09. The summed E-state index contributed by atoms with van der Waals surface area (Å²) in [5, 5.41) is 1.09. The van der Waals surface area contributed by atoms with Gasteiger partial charge in [0.1, 0.15) is 0 Å². The Morgan fingerprint density at radius 3 is 1.90 bits per heavy atom. The third-order valence-corrected chi connectivity index (χ3v) is 5.15. The summed E-state index contributed by atoms with van der Waals surface area (Å²) in [6.07, 6.45) is 4.93. The lowest BCUT2D eigenvalue weighted by Crippen LogP contribution is -2.25. The predicted octanol–water partition coefficient (Wildman–Crippen LogP) is 5.93. The maximum absolute atomic E-state index is 3.61. The highest BCUT2D eigenvalue weighted by Gasteiger charge is 2.41. The highest BCUT2D eigenvalue weighted by Crippen LogP contribution is 2.53. The number of rotatable bonds is 5. The van der Waals surface area contributed by atoms with Crippen LogP contribution in [0.5, 0.6) is 0 Å². The van der Waals surface area contributed by atoms with Crippen LogP contribution in [0.2, 0.25) is 0 Å². The van der Waals surface area contributed by atoms with Crippen LogP contribution in [0, 0.1) is 0 Å². The lowest BCUT2D eigenvalue weighted by molar-refractivity contribution is 0.438. The summed E-state index contributed by atoms with van der Waals surface area (Å²) in [6.45, 7) is 2.30. The molecule has 20 heavy (non-hydrogen) atoms. The molecule has 0 saturated carbocycles. The quantitative estimate of drug-likeness (QED) is 0.597. The van der Waals surface area contributed by atoms with E-state index < -0.39 is 0 Å². The standard InChI is InChI=1S/C19H21Br/c1-2-12-19(13-7-14-20)17-10-5-3-8-15(17)16-9-4-6-11-18(16)19/h3-6,8-11H,2,7,12-14H2,1H3. The average Bonchev–Trinajstić information content (AvgIpc) is 2.78. The molecule has 0 fully saturated rings. The van der Waals surface area contributed by atoms with Gasteiger partial charge in [0, 0.05) is 10.7 Å². The second-order valence-corrected chi connectivity index (χ2v) is 6.51. The van der Waals surface area contributed by atoms with Gasteiger partial charge in [0.15, 0.2) is 0 Å². The van der Waals surface area contributed by atoms with Crippen LogP contribution in [0.1, 0.15) is 43.7 Å². The van der Waals surface area contributed by atoms with E-state index in [2.05, 4.69) is 71.4 Å². The summed E-state index contributed by atoms with van der Waals surface area (Å²) in [7, 11) is 0. The van der Waals surface area contributed by atoms with Gasteiger partial charge in [0.25, 0.3) is 0 Å². The minimum absolute atomic E-state index is 0.232. The van der Waals surface area contributed by atoms with E-state index in [4.69, 9.17) is 0 Å². The van der Waals surface area contributed by atoms with Gasteiger partial charge in [-0.25, -0.2) is 0 Å². The first kappa shape index (κ1) is 13.9. The lowest BCUT2D eigenvalue weighted by atomic mass is 9.71. The van der Waals surface area contributed by atoms with Crippen molar-refractivity contribution in [2.75, 3.05) is 5.33 Å². The van der Waals surface area contributed by atoms with Gasteiger partial charge in [-0.3, -0.25) is 0 Å². The van der Waals surface area contributed by atoms with E-state index in [1.807, 2.05) is 0 Å². The fourth-order valence-corrected chi connectivity index (χ4v) is 4.16. The van der Waals surface area contributed by atoms with Crippen molar-refractivity contribution in [2.45, 2.75) is 38.0 Å². The average molecular weight is 329 g/mol. The molecule has 1 aliphatic rings. The van der Waals surface area contributed by atoms with Gasteiger partial charge in [-0.1, -0.05) is 77.8 Å². The third kappa shape index (κ3) is 2.03. The molecule has 0 N–H and O–H groups in total. The predicted molar refractivity (Wildman–Crippen MR) is 90.6 cm³/mol. The second kappa shape index (κ2) is 5.73. The minimum atomic E-state index is 0.232. The SMILES string of the molecule is CCCC1(CCCBr)c2ccccc2-c2ccccc21. The Kier molecular flexibility index (Phi) is 3.98. The molecular formula is C19H21Br. The molecule has 0 amide bonds. The Bertz CT molecular complexity index is 555. The maximum atomic E-state index is 3.61. The smallest absolute Gasteiger partial charge is 0.0215 e. The van der Waals surface area contributed by atoms with Crippen molar-refractivity contribution in [1.82, 2.24) is 0 Å². The van der Waals surface area contributed by atoms with Crippen molar-refractivity contribution in [2.24, 2.45) is 0 Å². The molecule has 2 aromatic rings. The molecule has 0 aromatic heterocycles. The van der Waals surface area contributed by atoms with Crippen molar-refractivity contribution >= 4 is 15.9 Å². The first-order valence-electron chi connectivity index (χ1n) is 7.59. The third-order valence-electron chi connectivity index (χ3n) is 4.59. The highest BCUT2D eigenvalue weighted by atomic mass is 79.9. The number of fused-ring (bicyclic) bond motifs is 3. The normalized spacial score (nSPS) is 14.9. The van der Waals surface area contributed by atoms with Crippen LogP contribution in [-0.2, 0) is 5.41 Å². The number of hydrogen-bond acceptors (Lipinski definition) is 0. The molecule has 2 aromatic carbocycles. The van der Waals surface area contributed by atoms with Gasteiger partial charge in [-0.05, 0) is 41.5 Å². The molecule has 104 valence electrons. The van der Waals surface area contributed by atoms with E-state index in [1.165, 1.54) is 36.8 Å². The van der Waals surface area contributed by atoms with Crippen LogP contribution in [0.4, 0.5) is 0 Å². The Balaban J connectivity index is 2.21. The Hall–Kier alpha value is -1.08. The number of hydrogen-bond donors (Lipinski definition) is 0. The molecule has 0 aliphatic heterocycles. The minimum Gasteiger partial charge on any atom is -0.0928 e. The second-order valence-electron chi connectivity index (χ2n) is 5.72. The monoisotopic (exact) mass is 328 g/mol. The zero-order chi connectivity index (χ0) is 14.0.